The highest BCUT2D eigenvalue weighted by Gasteiger charge is 2.43. The molecule has 3 rings (SSSR count). The summed E-state index contributed by atoms with van der Waals surface area (Å²) in [6.07, 6.45) is 4.55. The molecule has 1 aliphatic carbocycles. The quantitative estimate of drug-likeness (QED) is 0.524. The molecule has 8 heteroatoms. The van der Waals surface area contributed by atoms with E-state index in [9.17, 15) is 18.5 Å². The van der Waals surface area contributed by atoms with Crippen LogP contribution in [0, 0.1) is 17.2 Å². The standard InChI is InChI=1S/C26H24Cl2N2O3S/c1-17(2)14-26(30-23(31)13-18-9-11-20(12-10-18)34(3,32)33)15-22(27)24(25(28)21(26)16-29)19-7-5-4-6-8-19/h4-12,14-15,21H,13H2,1-3H3,(H,30,31). The Labute approximate surface area is 210 Å². The summed E-state index contributed by atoms with van der Waals surface area (Å²) in [4.78, 5) is 13.3. The molecule has 0 saturated carbocycles. The van der Waals surface area contributed by atoms with Gasteiger partial charge in [0.15, 0.2) is 9.84 Å². The van der Waals surface area contributed by atoms with Gasteiger partial charge in [0.1, 0.15) is 5.92 Å². The molecule has 5 nitrogen and oxygen atoms in total. The summed E-state index contributed by atoms with van der Waals surface area (Å²) in [5.41, 5.74) is 1.58. The number of nitrogens with zero attached hydrogens (tertiary/aromatic N) is 1. The van der Waals surface area contributed by atoms with Gasteiger partial charge in [-0.25, -0.2) is 8.42 Å². The van der Waals surface area contributed by atoms with E-state index in [0.29, 0.717) is 16.2 Å². The molecule has 2 aromatic carbocycles. The van der Waals surface area contributed by atoms with Gasteiger partial charge in [-0.15, -0.1) is 0 Å². The summed E-state index contributed by atoms with van der Waals surface area (Å²) >= 11 is 13.4. The van der Waals surface area contributed by atoms with Gasteiger partial charge in [0.05, 0.1) is 22.9 Å². The van der Waals surface area contributed by atoms with Crippen LogP contribution in [-0.2, 0) is 21.1 Å². The predicted molar refractivity (Wildman–Crippen MR) is 136 cm³/mol. The van der Waals surface area contributed by atoms with Crippen molar-refractivity contribution in [3.63, 3.8) is 0 Å². The van der Waals surface area contributed by atoms with Crippen LogP contribution in [0.15, 0.2) is 87.3 Å². The summed E-state index contributed by atoms with van der Waals surface area (Å²) in [5, 5.41) is 13.6. The zero-order valence-corrected chi connectivity index (χ0v) is 21.3. The average molecular weight is 515 g/mol. The number of halogens is 2. The van der Waals surface area contributed by atoms with Gasteiger partial charge in [0, 0.05) is 21.9 Å². The van der Waals surface area contributed by atoms with Crippen LogP contribution in [-0.4, -0.2) is 26.1 Å². The molecule has 0 saturated heterocycles. The first-order valence-corrected chi connectivity index (χ1v) is 13.1. The van der Waals surface area contributed by atoms with Crippen LogP contribution < -0.4 is 5.32 Å². The van der Waals surface area contributed by atoms with Gasteiger partial charge >= 0.3 is 0 Å². The highest BCUT2D eigenvalue weighted by atomic mass is 35.5. The Hall–Kier alpha value is -2.85. The van der Waals surface area contributed by atoms with E-state index in [-0.39, 0.29) is 22.3 Å². The number of nitriles is 1. The molecule has 1 amide bonds. The fourth-order valence-corrected chi connectivity index (χ4v) is 5.46. The van der Waals surface area contributed by atoms with Crippen LogP contribution in [0.3, 0.4) is 0 Å². The van der Waals surface area contributed by atoms with Crippen LogP contribution in [0.5, 0.6) is 0 Å². The number of nitrogens with one attached hydrogen (secondary N) is 1. The first-order valence-electron chi connectivity index (χ1n) is 10.5. The molecule has 0 spiro atoms. The molecule has 0 bridgehead atoms. The van der Waals surface area contributed by atoms with Crippen LogP contribution in [0.25, 0.3) is 5.57 Å². The van der Waals surface area contributed by atoms with Crippen molar-refractivity contribution in [3.05, 3.63) is 93.5 Å². The summed E-state index contributed by atoms with van der Waals surface area (Å²) in [7, 11) is -3.33. The van der Waals surface area contributed by atoms with Crippen molar-refractivity contribution in [3.8, 4) is 6.07 Å². The maximum absolute atomic E-state index is 13.1. The Bertz CT molecular complexity index is 1330. The number of rotatable bonds is 6. The molecule has 2 unspecified atom stereocenters. The molecule has 176 valence electrons. The lowest BCUT2D eigenvalue weighted by Gasteiger charge is -2.38. The van der Waals surface area contributed by atoms with E-state index >= 15 is 0 Å². The first-order chi connectivity index (χ1) is 16.0. The molecule has 0 radical (unpaired) electrons. The number of hydrogen-bond acceptors (Lipinski definition) is 4. The Balaban J connectivity index is 1.97. The predicted octanol–water partition coefficient (Wildman–Crippen LogP) is 5.38. The van der Waals surface area contributed by atoms with Crippen LogP contribution in [0.1, 0.15) is 25.0 Å². The fraction of sp³-hybridized carbons (Fsp3) is 0.231. The smallest absolute Gasteiger partial charge is 0.225 e. The summed E-state index contributed by atoms with van der Waals surface area (Å²) < 4.78 is 23.4. The minimum absolute atomic E-state index is 0.0150. The average Bonchev–Trinajstić information content (AvgIpc) is 2.73. The second kappa shape index (κ2) is 10.2. The maximum atomic E-state index is 13.1. The topological polar surface area (TPSA) is 87.0 Å². The first kappa shape index (κ1) is 25.8. The molecule has 0 fully saturated rings. The SMILES string of the molecule is CC(C)=CC1(NC(=O)Cc2ccc(S(C)(=O)=O)cc2)C=C(Cl)C(c2ccccc2)=C(Cl)C1C#N. The van der Waals surface area contributed by atoms with Gasteiger partial charge in [-0.05, 0) is 43.2 Å². The number of carbonyl (C=O) groups is 1. The highest BCUT2D eigenvalue weighted by molar-refractivity contribution is 7.90. The van der Waals surface area contributed by atoms with Gasteiger partial charge in [-0.1, -0.05) is 77.3 Å². The highest BCUT2D eigenvalue weighted by Crippen LogP contribution is 2.45. The second-order valence-electron chi connectivity index (χ2n) is 8.44. The van der Waals surface area contributed by atoms with Gasteiger partial charge in [-0.3, -0.25) is 4.79 Å². The lowest BCUT2D eigenvalue weighted by Crippen LogP contribution is -2.53. The van der Waals surface area contributed by atoms with Gasteiger partial charge in [-0.2, -0.15) is 5.26 Å². The molecule has 1 aliphatic rings. The van der Waals surface area contributed by atoms with E-state index in [2.05, 4.69) is 11.4 Å². The largest absolute Gasteiger partial charge is 0.342 e. The Morgan fingerprint density at radius 2 is 1.74 bits per heavy atom. The van der Waals surface area contributed by atoms with E-state index in [1.54, 1.807) is 24.3 Å². The normalized spacial score (nSPS) is 20.2. The summed E-state index contributed by atoms with van der Waals surface area (Å²) in [6.45, 7) is 3.72. The van der Waals surface area contributed by atoms with Gasteiger partial charge in [0.2, 0.25) is 5.91 Å². The van der Waals surface area contributed by atoms with Crippen LogP contribution in [0.2, 0.25) is 0 Å². The van der Waals surface area contributed by atoms with Gasteiger partial charge < -0.3 is 5.32 Å². The van der Waals surface area contributed by atoms with E-state index < -0.39 is 21.3 Å². The molecule has 1 N–H and O–H groups in total. The van der Waals surface area contributed by atoms with Crippen molar-refractivity contribution in [1.82, 2.24) is 5.32 Å². The molecular weight excluding hydrogens is 491 g/mol. The molecule has 34 heavy (non-hydrogen) atoms. The van der Waals surface area contributed by atoms with Crippen molar-refractivity contribution in [1.29, 1.82) is 5.26 Å². The Kier molecular flexibility index (Phi) is 7.72. The van der Waals surface area contributed by atoms with Crippen molar-refractivity contribution in [2.45, 2.75) is 30.7 Å². The van der Waals surface area contributed by atoms with E-state index in [1.165, 1.54) is 12.1 Å². The van der Waals surface area contributed by atoms with E-state index in [4.69, 9.17) is 23.2 Å². The number of allylic oxidation sites excluding steroid dienone is 3. The lowest BCUT2D eigenvalue weighted by molar-refractivity contribution is -0.121. The minimum Gasteiger partial charge on any atom is -0.342 e. The Morgan fingerprint density at radius 1 is 1.12 bits per heavy atom. The molecular formula is C26H24Cl2N2O3S. The Morgan fingerprint density at radius 3 is 2.26 bits per heavy atom. The molecule has 0 aliphatic heterocycles. The van der Waals surface area contributed by atoms with Crippen LogP contribution in [0.4, 0.5) is 0 Å². The molecule has 2 aromatic rings. The van der Waals surface area contributed by atoms with Gasteiger partial charge in [0.25, 0.3) is 0 Å². The fourth-order valence-electron chi connectivity index (χ4n) is 3.95. The number of hydrogen-bond donors (Lipinski definition) is 1. The second-order valence-corrected chi connectivity index (χ2v) is 11.3. The monoisotopic (exact) mass is 514 g/mol. The van der Waals surface area contributed by atoms with E-state index in [0.717, 1.165) is 17.4 Å². The summed E-state index contributed by atoms with van der Waals surface area (Å²) in [6, 6.07) is 17.6. The number of amides is 1. The molecule has 2 atom stereocenters. The van der Waals surface area contributed by atoms with Crippen molar-refractivity contribution in [2.24, 2.45) is 5.92 Å². The zero-order chi connectivity index (χ0) is 25.1. The third-order valence-electron chi connectivity index (χ3n) is 5.37. The number of carbonyl (C=O) groups excluding carboxylic acids is 1. The van der Waals surface area contributed by atoms with Crippen LogP contribution >= 0.6 is 23.2 Å². The minimum atomic E-state index is -3.33. The molecule has 0 heterocycles. The third-order valence-corrected chi connectivity index (χ3v) is 7.20. The van der Waals surface area contributed by atoms with Crippen molar-refractivity contribution in [2.75, 3.05) is 6.26 Å². The van der Waals surface area contributed by atoms with Crippen molar-refractivity contribution < 1.29 is 13.2 Å². The maximum Gasteiger partial charge on any atom is 0.225 e. The lowest BCUT2D eigenvalue weighted by atomic mass is 9.76. The number of sulfone groups is 1. The summed E-state index contributed by atoms with van der Waals surface area (Å²) in [5.74, 6) is -1.27. The van der Waals surface area contributed by atoms with E-state index in [1.807, 2.05) is 44.2 Å². The number of benzene rings is 2. The third kappa shape index (κ3) is 5.61. The zero-order valence-electron chi connectivity index (χ0n) is 19.0. The van der Waals surface area contributed by atoms with Crippen molar-refractivity contribution >= 4 is 44.5 Å². The molecule has 0 aromatic heterocycles.